The second kappa shape index (κ2) is 7.79. The van der Waals surface area contributed by atoms with Gasteiger partial charge < -0.3 is 15.4 Å². The molecule has 0 saturated carbocycles. The van der Waals surface area contributed by atoms with Crippen molar-refractivity contribution in [3.8, 4) is 5.75 Å². The number of aryl methyl sites for hydroxylation is 2. The molecule has 0 aliphatic carbocycles. The third-order valence-corrected chi connectivity index (χ3v) is 5.14. The number of thiazole rings is 1. The molecule has 4 aromatic rings. The van der Waals surface area contributed by atoms with Crippen LogP contribution in [0.2, 0.25) is 0 Å². The molecular formula is C20H16F3N5OS. The van der Waals surface area contributed by atoms with Crippen LogP contribution in [0.4, 0.5) is 35.5 Å². The molecule has 30 heavy (non-hydrogen) atoms. The largest absolute Gasteiger partial charge is 0.573 e. The van der Waals surface area contributed by atoms with Crippen LogP contribution in [-0.4, -0.2) is 21.3 Å². The van der Waals surface area contributed by atoms with Crippen LogP contribution in [0, 0.1) is 13.8 Å². The summed E-state index contributed by atoms with van der Waals surface area (Å²) in [5.41, 5.74) is 4.28. The van der Waals surface area contributed by atoms with Gasteiger partial charge in [-0.2, -0.15) is 0 Å². The minimum atomic E-state index is -4.73. The van der Waals surface area contributed by atoms with Crippen LogP contribution in [0.5, 0.6) is 5.75 Å². The summed E-state index contributed by atoms with van der Waals surface area (Å²) in [5, 5.41) is 7.07. The van der Waals surface area contributed by atoms with E-state index in [1.807, 2.05) is 32.0 Å². The van der Waals surface area contributed by atoms with Gasteiger partial charge in [-0.15, -0.1) is 13.2 Å². The lowest BCUT2D eigenvalue weighted by atomic mass is 10.1. The first-order valence-corrected chi connectivity index (χ1v) is 9.68. The van der Waals surface area contributed by atoms with E-state index in [1.54, 1.807) is 0 Å². The fourth-order valence-corrected chi connectivity index (χ4v) is 3.71. The summed E-state index contributed by atoms with van der Waals surface area (Å²) < 4.78 is 40.8. The Bertz CT molecular complexity index is 1170. The molecular weight excluding hydrogens is 415 g/mol. The topological polar surface area (TPSA) is 72.0 Å². The number of para-hydroxylation sites is 1. The van der Waals surface area contributed by atoms with Gasteiger partial charge in [-0.1, -0.05) is 29.5 Å². The smallest absolute Gasteiger partial charge is 0.406 e. The van der Waals surface area contributed by atoms with Gasteiger partial charge in [0.05, 0.1) is 0 Å². The number of alkyl halides is 3. The molecule has 0 amide bonds. The highest BCUT2D eigenvalue weighted by Crippen LogP contribution is 2.33. The van der Waals surface area contributed by atoms with Crippen LogP contribution in [-0.2, 0) is 0 Å². The zero-order chi connectivity index (χ0) is 21.3. The molecule has 2 heterocycles. The summed E-state index contributed by atoms with van der Waals surface area (Å²) >= 11 is 1.38. The number of benzene rings is 2. The first-order valence-electron chi connectivity index (χ1n) is 8.86. The molecule has 0 saturated heterocycles. The molecule has 0 aliphatic rings. The minimum absolute atomic E-state index is 0.297. The molecule has 154 valence electrons. The van der Waals surface area contributed by atoms with Gasteiger partial charge in [0.15, 0.2) is 15.8 Å². The van der Waals surface area contributed by atoms with E-state index in [9.17, 15) is 13.2 Å². The number of hydrogen-bond donors (Lipinski definition) is 2. The number of rotatable bonds is 5. The monoisotopic (exact) mass is 431 g/mol. The zero-order valence-corrected chi connectivity index (χ0v) is 16.7. The lowest BCUT2D eigenvalue weighted by molar-refractivity contribution is -0.274. The Morgan fingerprint density at radius 2 is 1.63 bits per heavy atom. The number of ether oxygens (including phenoxy) is 1. The van der Waals surface area contributed by atoms with Gasteiger partial charge in [-0.05, 0) is 49.2 Å². The van der Waals surface area contributed by atoms with Crippen molar-refractivity contribution < 1.29 is 17.9 Å². The summed E-state index contributed by atoms with van der Waals surface area (Å²) in [5.74, 6) is 0.157. The second-order valence-corrected chi connectivity index (χ2v) is 7.46. The van der Waals surface area contributed by atoms with Crippen LogP contribution in [0.15, 0.2) is 48.8 Å². The van der Waals surface area contributed by atoms with Crippen molar-refractivity contribution in [2.75, 3.05) is 10.6 Å². The number of hydrogen-bond acceptors (Lipinski definition) is 7. The van der Waals surface area contributed by atoms with E-state index in [-0.39, 0.29) is 5.75 Å². The molecule has 0 bridgehead atoms. The van der Waals surface area contributed by atoms with Crippen LogP contribution >= 0.6 is 11.3 Å². The maximum absolute atomic E-state index is 12.3. The number of halogens is 3. The lowest BCUT2D eigenvalue weighted by Gasteiger charge is -2.10. The number of nitrogens with one attached hydrogen (secondary N) is 2. The molecule has 2 aromatic carbocycles. The SMILES string of the molecule is Cc1cccc(C)c1Nc1nc2c(Nc3ccc(OC(F)(F)F)cc3)ncnc2s1. The average Bonchev–Trinajstić information content (AvgIpc) is 3.09. The van der Waals surface area contributed by atoms with Crippen molar-refractivity contribution in [3.05, 3.63) is 59.9 Å². The van der Waals surface area contributed by atoms with Crippen molar-refractivity contribution in [3.63, 3.8) is 0 Å². The van der Waals surface area contributed by atoms with Crippen molar-refractivity contribution in [2.45, 2.75) is 20.2 Å². The molecule has 2 N–H and O–H groups in total. The summed E-state index contributed by atoms with van der Waals surface area (Å²) in [6, 6.07) is 11.4. The van der Waals surface area contributed by atoms with Crippen molar-refractivity contribution >= 4 is 44.0 Å². The first-order chi connectivity index (χ1) is 14.3. The Kier molecular flexibility index (Phi) is 5.17. The molecule has 0 radical (unpaired) electrons. The Balaban J connectivity index is 1.58. The third-order valence-electron chi connectivity index (χ3n) is 4.26. The van der Waals surface area contributed by atoms with E-state index in [0.717, 1.165) is 16.8 Å². The van der Waals surface area contributed by atoms with E-state index in [0.29, 0.717) is 27.0 Å². The van der Waals surface area contributed by atoms with Crippen LogP contribution in [0.1, 0.15) is 11.1 Å². The van der Waals surface area contributed by atoms with Gasteiger partial charge in [-0.25, -0.2) is 15.0 Å². The van der Waals surface area contributed by atoms with Crippen molar-refractivity contribution in [2.24, 2.45) is 0 Å². The first kappa shape index (κ1) is 19.9. The van der Waals surface area contributed by atoms with Gasteiger partial charge in [-0.3, -0.25) is 0 Å². The Morgan fingerprint density at radius 1 is 0.933 bits per heavy atom. The second-order valence-electron chi connectivity index (χ2n) is 6.48. The number of aromatic nitrogens is 3. The maximum Gasteiger partial charge on any atom is 0.573 e. The standard InChI is InChI=1S/C20H16F3N5OS/c1-11-4-3-5-12(2)15(11)27-19-28-16-17(24-10-25-18(16)30-19)26-13-6-8-14(9-7-13)29-20(21,22)23/h3-10H,1-2H3,(H,27,28)(H,24,25,26). The quantitative estimate of drug-likeness (QED) is 0.398. The van der Waals surface area contributed by atoms with E-state index in [2.05, 4.69) is 30.3 Å². The van der Waals surface area contributed by atoms with E-state index in [4.69, 9.17) is 0 Å². The third kappa shape index (κ3) is 4.43. The summed E-state index contributed by atoms with van der Waals surface area (Å²) in [6.07, 6.45) is -3.32. The summed E-state index contributed by atoms with van der Waals surface area (Å²) in [4.78, 5) is 13.8. The Hall–Kier alpha value is -3.40. The molecule has 10 heteroatoms. The minimum Gasteiger partial charge on any atom is -0.406 e. The summed E-state index contributed by atoms with van der Waals surface area (Å²) in [7, 11) is 0. The van der Waals surface area contributed by atoms with Gasteiger partial charge in [0.2, 0.25) is 0 Å². The molecule has 4 rings (SSSR count). The van der Waals surface area contributed by atoms with E-state index in [1.165, 1.54) is 41.9 Å². The molecule has 0 spiro atoms. The van der Waals surface area contributed by atoms with Crippen LogP contribution in [0.25, 0.3) is 10.3 Å². The fourth-order valence-electron chi connectivity index (χ4n) is 2.89. The molecule has 0 atom stereocenters. The number of anilines is 4. The highest BCUT2D eigenvalue weighted by Gasteiger charge is 2.30. The maximum atomic E-state index is 12.3. The lowest BCUT2D eigenvalue weighted by Crippen LogP contribution is -2.16. The van der Waals surface area contributed by atoms with Crippen LogP contribution < -0.4 is 15.4 Å². The number of fused-ring (bicyclic) bond motifs is 1. The van der Waals surface area contributed by atoms with E-state index < -0.39 is 6.36 Å². The highest BCUT2D eigenvalue weighted by atomic mass is 32.1. The molecule has 2 aromatic heterocycles. The van der Waals surface area contributed by atoms with E-state index >= 15 is 0 Å². The molecule has 0 fully saturated rings. The predicted molar refractivity (Wildman–Crippen MR) is 111 cm³/mol. The molecule has 0 aliphatic heterocycles. The van der Waals surface area contributed by atoms with Crippen LogP contribution in [0.3, 0.4) is 0 Å². The van der Waals surface area contributed by atoms with Gasteiger partial charge in [0.1, 0.15) is 17.6 Å². The van der Waals surface area contributed by atoms with Crippen molar-refractivity contribution in [1.82, 2.24) is 15.0 Å². The van der Waals surface area contributed by atoms with Gasteiger partial charge in [0, 0.05) is 11.4 Å². The molecule has 6 nitrogen and oxygen atoms in total. The highest BCUT2D eigenvalue weighted by molar-refractivity contribution is 7.21. The average molecular weight is 431 g/mol. The van der Waals surface area contributed by atoms with Crippen molar-refractivity contribution in [1.29, 1.82) is 0 Å². The predicted octanol–water partition coefficient (Wildman–Crippen LogP) is 6.09. The fraction of sp³-hybridized carbons (Fsp3) is 0.150. The zero-order valence-electron chi connectivity index (χ0n) is 15.9. The summed E-state index contributed by atoms with van der Waals surface area (Å²) in [6.45, 7) is 4.03. The molecule has 0 unspecified atom stereocenters. The van der Waals surface area contributed by atoms with Gasteiger partial charge in [0.25, 0.3) is 0 Å². The normalized spacial score (nSPS) is 11.5. The van der Waals surface area contributed by atoms with Gasteiger partial charge >= 0.3 is 6.36 Å². The Labute approximate surface area is 173 Å². The Morgan fingerprint density at radius 3 is 2.30 bits per heavy atom. The number of nitrogens with zero attached hydrogens (tertiary/aromatic N) is 3.